The number of aromatic nitrogens is 1. The SMILES string of the molecule is Cc1ccccc1-n1c(C)cc(C(=O)NN2C(=O)NC(C)(c3ccccc3)C2=O)c1C. The Labute approximate surface area is 180 Å². The number of aryl methyl sites for hydroxylation is 2. The van der Waals surface area contributed by atoms with Crippen LogP contribution < -0.4 is 10.7 Å². The molecule has 1 aliphatic rings. The Morgan fingerprint density at radius 2 is 1.61 bits per heavy atom. The van der Waals surface area contributed by atoms with Gasteiger partial charge in [-0.15, -0.1) is 0 Å². The molecule has 4 rings (SSSR count). The van der Waals surface area contributed by atoms with Gasteiger partial charge in [-0.1, -0.05) is 48.5 Å². The first-order valence-electron chi connectivity index (χ1n) is 10.0. The maximum absolute atomic E-state index is 13.1. The molecule has 0 saturated carbocycles. The van der Waals surface area contributed by atoms with Crippen molar-refractivity contribution in [1.82, 2.24) is 20.3 Å². The quantitative estimate of drug-likeness (QED) is 0.639. The first kappa shape index (κ1) is 20.4. The van der Waals surface area contributed by atoms with E-state index < -0.39 is 23.4 Å². The Morgan fingerprint density at radius 1 is 0.968 bits per heavy atom. The fourth-order valence-corrected chi connectivity index (χ4v) is 4.05. The highest BCUT2D eigenvalue weighted by Gasteiger charge is 2.50. The number of nitrogens with one attached hydrogen (secondary N) is 2. The summed E-state index contributed by atoms with van der Waals surface area (Å²) >= 11 is 0. The number of benzene rings is 2. The molecule has 1 unspecified atom stereocenters. The minimum atomic E-state index is -1.25. The van der Waals surface area contributed by atoms with Crippen molar-refractivity contribution in [2.24, 2.45) is 0 Å². The smallest absolute Gasteiger partial charge is 0.318 e. The molecule has 158 valence electrons. The van der Waals surface area contributed by atoms with Gasteiger partial charge in [0.2, 0.25) is 0 Å². The first-order valence-corrected chi connectivity index (χ1v) is 10.0. The molecule has 2 heterocycles. The molecule has 0 aliphatic carbocycles. The average Bonchev–Trinajstić information content (AvgIpc) is 3.17. The topological polar surface area (TPSA) is 83.4 Å². The summed E-state index contributed by atoms with van der Waals surface area (Å²) < 4.78 is 1.99. The molecule has 31 heavy (non-hydrogen) atoms. The van der Waals surface area contributed by atoms with Gasteiger partial charge in [0, 0.05) is 17.1 Å². The van der Waals surface area contributed by atoms with Crippen molar-refractivity contribution in [2.75, 3.05) is 0 Å². The van der Waals surface area contributed by atoms with Crippen molar-refractivity contribution in [3.8, 4) is 5.69 Å². The van der Waals surface area contributed by atoms with Crippen molar-refractivity contribution in [1.29, 1.82) is 0 Å². The fourth-order valence-electron chi connectivity index (χ4n) is 4.05. The number of amides is 4. The third-order valence-electron chi connectivity index (χ3n) is 5.79. The number of carbonyl (C=O) groups is 3. The van der Waals surface area contributed by atoms with E-state index in [1.807, 2.05) is 55.7 Å². The monoisotopic (exact) mass is 416 g/mol. The molecule has 0 spiro atoms. The number of carbonyl (C=O) groups excluding carboxylic acids is 3. The maximum Gasteiger partial charge on any atom is 0.344 e. The van der Waals surface area contributed by atoms with Gasteiger partial charge in [-0.2, -0.15) is 5.01 Å². The highest BCUT2D eigenvalue weighted by atomic mass is 16.2. The van der Waals surface area contributed by atoms with Crippen molar-refractivity contribution in [3.63, 3.8) is 0 Å². The third kappa shape index (κ3) is 3.28. The van der Waals surface area contributed by atoms with Crippen LogP contribution >= 0.6 is 0 Å². The summed E-state index contributed by atoms with van der Waals surface area (Å²) in [6.07, 6.45) is 0. The fraction of sp³-hybridized carbons (Fsp3) is 0.208. The maximum atomic E-state index is 13.1. The van der Waals surface area contributed by atoms with Crippen molar-refractivity contribution in [3.05, 3.63) is 88.7 Å². The van der Waals surface area contributed by atoms with Gasteiger partial charge in [-0.05, 0) is 51.0 Å². The summed E-state index contributed by atoms with van der Waals surface area (Å²) in [7, 11) is 0. The van der Waals surface area contributed by atoms with E-state index in [-0.39, 0.29) is 0 Å². The molecule has 1 aromatic heterocycles. The number of nitrogens with zero attached hydrogens (tertiary/aromatic N) is 2. The van der Waals surface area contributed by atoms with E-state index >= 15 is 0 Å². The van der Waals surface area contributed by atoms with Crippen LogP contribution in [0.15, 0.2) is 60.7 Å². The summed E-state index contributed by atoms with van der Waals surface area (Å²) in [4.78, 5) is 38.6. The average molecular weight is 416 g/mol. The van der Waals surface area contributed by atoms with E-state index in [2.05, 4.69) is 10.7 Å². The Hall–Kier alpha value is -3.87. The number of urea groups is 1. The highest BCUT2D eigenvalue weighted by molar-refractivity contribution is 6.09. The first-order chi connectivity index (χ1) is 14.7. The molecular formula is C24H24N4O3. The standard InChI is InChI=1S/C24H24N4O3/c1-15-10-8-9-13-20(15)27-16(2)14-19(17(27)3)21(29)26-28-22(30)24(4,25-23(28)31)18-11-6-5-7-12-18/h5-14H,1-4H3,(H,25,31)(H,26,29). The molecule has 7 heteroatoms. The van der Waals surface area contributed by atoms with Crippen LogP contribution in [0.25, 0.3) is 5.69 Å². The summed E-state index contributed by atoms with van der Waals surface area (Å²) in [5.74, 6) is -1.06. The minimum absolute atomic E-state index is 0.398. The highest BCUT2D eigenvalue weighted by Crippen LogP contribution is 2.28. The summed E-state index contributed by atoms with van der Waals surface area (Å²) in [5.41, 5.74) is 5.93. The Balaban J connectivity index is 1.62. The van der Waals surface area contributed by atoms with Crippen LogP contribution in [0.4, 0.5) is 4.79 Å². The molecule has 0 bridgehead atoms. The molecule has 3 aromatic rings. The Morgan fingerprint density at radius 3 is 2.29 bits per heavy atom. The second-order valence-corrected chi connectivity index (χ2v) is 7.91. The molecule has 4 amide bonds. The van der Waals surface area contributed by atoms with Crippen LogP contribution in [-0.2, 0) is 10.3 Å². The van der Waals surface area contributed by atoms with Gasteiger partial charge in [0.05, 0.1) is 5.56 Å². The van der Waals surface area contributed by atoms with Crippen LogP contribution in [0.5, 0.6) is 0 Å². The lowest BCUT2D eigenvalue weighted by molar-refractivity contribution is -0.132. The minimum Gasteiger partial charge on any atom is -0.318 e. The van der Waals surface area contributed by atoms with Crippen molar-refractivity contribution >= 4 is 17.8 Å². The lowest BCUT2D eigenvalue weighted by Gasteiger charge is -2.22. The second kappa shape index (κ2) is 7.43. The molecule has 1 fully saturated rings. The number of hydrogen-bond donors (Lipinski definition) is 2. The third-order valence-corrected chi connectivity index (χ3v) is 5.79. The molecule has 1 saturated heterocycles. The summed E-state index contributed by atoms with van der Waals surface area (Å²) in [5, 5.41) is 3.44. The largest absolute Gasteiger partial charge is 0.344 e. The van der Waals surface area contributed by atoms with E-state index in [1.165, 1.54) is 0 Å². The molecule has 0 radical (unpaired) electrons. The second-order valence-electron chi connectivity index (χ2n) is 7.91. The van der Waals surface area contributed by atoms with E-state index in [9.17, 15) is 14.4 Å². The molecule has 1 aliphatic heterocycles. The predicted octanol–water partition coefficient (Wildman–Crippen LogP) is 3.51. The van der Waals surface area contributed by atoms with Gasteiger partial charge in [-0.25, -0.2) is 4.79 Å². The predicted molar refractivity (Wildman–Crippen MR) is 117 cm³/mol. The van der Waals surface area contributed by atoms with Gasteiger partial charge in [0.1, 0.15) is 5.54 Å². The summed E-state index contributed by atoms with van der Waals surface area (Å²) in [6, 6.07) is 17.9. The molecule has 2 N–H and O–H groups in total. The molecule has 7 nitrogen and oxygen atoms in total. The summed E-state index contributed by atoms with van der Waals surface area (Å²) in [6.45, 7) is 7.38. The van der Waals surface area contributed by atoms with E-state index in [0.29, 0.717) is 11.1 Å². The zero-order valence-corrected chi connectivity index (χ0v) is 17.9. The zero-order chi connectivity index (χ0) is 22.3. The van der Waals surface area contributed by atoms with Gasteiger partial charge >= 0.3 is 6.03 Å². The van der Waals surface area contributed by atoms with Crippen LogP contribution in [0.2, 0.25) is 0 Å². The van der Waals surface area contributed by atoms with Gasteiger partial charge in [0.25, 0.3) is 11.8 Å². The number of para-hydroxylation sites is 1. The van der Waals surface area contributed by atoms with E-state index in [4.69, 9.17) is 0 Å². The lowest BCUT2D eigenvalue weighted by atomic mass is 9.92. The van der Waals surface area contributed by atoms with Crippen molar-refractivity contribution < 1.29 is 14.4 Å². The lowest BCUT2D eigenvalue weighted by Crippen LogP contribution is -2.48. The molecule has 1 atom stereocenters. The van der Waals surface area contributed by atoms with Gasteiger partial charge < -0.3 is 9.88 Å². The number of hydrazine groups is 1. The number of hydrogen-bond acceptors (Lipinski definition) is 3. The van der Waals surface area contributed by atoms with Crippen LogP contribution in [0.3, 0.4) is 0 Å². The van der Waals surface area contributed by atoms with Crippen LogP contribution in [-0.4, -0.2) is 27.4 Å². The number of rotatable bonds is 4. The normalized spacial score (nSPS) is 18.3. The van der Waals surface area contributed by atoms with E-state index in [0.717, 1.165) is 27.6 Å². The molecule has 2 aromatic carbocycles. The Bertz CT molecular complexity index is 1200. The van der Waals surface area contributed by atoms with Crippen LogP contribution in [0, 0.1) is 20.8 Å². The number of imide groups is 1. The zero-order valence-electron chi connectivity index (χ0n) is 17.9. The van der Waals surface area contributed by atoms with Crippen molar-refractivity contribution in [2.45, 2.75) is 33.2 Å². The van der Waals surface area contributed by atoms with E-state index in [1.54, 1.807) is 37.3 Å². The van der Waals surface area contributed by atoms with Gasteiger partial charge in [-0.3, -0.25) is 15.0 Å². The Kier molecular flexibility index (Phi) is 4.89. The van der Waals surface area contributed by atoms with Gasteiger partial charge in [0.15, 0.2) is 0 Å². The molecular weight excluding hydrogens is 392 g/mol. The van der Waals surface area contributed by atoms with Crippen LogP contribution in [0.1, 0.15) is 39.8 Å².